The zero-order valence-corrected chi connectivity index (χ0v) is 17.9. The highest BCUT2D eigenvalue weighted by Gasteiger charge is 2.11. The Bertz CT molecular complexity index is 1230. The summed E-state index contributed by atoms with van der Waals surface area (Å²) in [5.41, 5.74) is 3.30. The van der Waals surface area contributed by atoms with Crippen molar-refractivity contribution < 1.29 is 29.1 Å². The molecule has 3 aromatic rings. The highest BCUT2D eigenvalue weighted by Crippen LogP contribution is 2.27. The quantitative estimate of drug-likeness (QED) is 0.250. The molecule has 174 valence electrons. The van der Waals surface area contributed by atoms with Gasteiger partial charge in [-0.2, -0.15) is 5.10 Å². The van der Waals surface area contributed by atoms with Crippen LogP contribution in [0.5, 0.6) is 17.2 Å². The lowest BCUT2D eigenvalue weighted by molar-refractivity contribution is -0.384. The number of nitrogens with zero attached hydrogens (tertiary/aromatic N) is 2. The van der Waals surface area contributed by atoms with Gasteiger partial charge >= 0.3 is 0 Å². The largest absolute Gasteiger partial charge is 0.507 e. The standard InChI is InChI=1S/C23H20N4O7/c1-33-21-12-15(13-24-26-23(30)18-4-2-3-5-19(18)28)6-11-20(21)34-14-22(29)25-16-7-9-17(10-8-16)27(31)32/h2-13,28H,14H2,1H3,(H,25,29)(H,26,30)/b24-13+. The zero-order chi connectivity index (χ0) is 24.5. The van der Waals surface area contributed by atoms with Crippen LogP contribution in [0.15, 0.2) is 71.8 Å². The molecule has 3 N–H and O–H groups in total. The van der Waals surface area contributed by atoms with Gasteiger partial charge in [-0.25, -0.2) is 5.43 Å². The minimum Gasteiger partial charge on any atom is -0.507 e. The van der Waals surface area contributed by atoms with Crippen molar-refractivity contribution in [3.8, 4) is 17.2 Å². The van der Waals surface area contributed by atoms with E-state index in [1.807, 2.05) is 0 Å². The number of anilines is 1. The second-order valence-electron chi connectivity index (χ2n) is 6.77. The number of nitrogens with one attached hydrogen (secondary N) is 2. The van der Waals surface area contributed by atoms with Gasteiger partial charge < -0.3 is 19.9 Å². The molecule has 3 aromatic carbocycles. The number of amides is 2. The molecule has 2 amide bonds. The highest BCUT2D eigenvalue weighted by atomic mass is 16.6. The molecule has 3 rings (SSSR count). The zero-order valence-electron chi connectivity index (χ0n) is 17.9. The third-order valence-corrected chi connectivity index (χ3v) is 4.44. The van der Waals surface area contributed by atoms with Gasteiger partial charge in [0.1, 0.15) is 5.75 Å². The number of nitro benzene ring substituents is 1. The minimum atomic E-state index is -0.569. The van der Waals surface area contributed by atoms with Crippen molar-refractivity contribution >= 4 is 29.4 Å². The summed E-state index contributed by atoms with van der Waals surface area (Å²) in [6, 6.07) is 16.3. The number of para-hydroxylation sites is 1. The van der Waals surface area contributed by atoms with Crippen LogP contribution < -0.4 is 20.2 Å². The van der Waals surface area contributed by atoms with Crippen LogP contribution in [0.25, 0.3) is 0 Å². The fraction of sp³-hybridized carbons (Fsp3) is 0.0870. The Labute approximate surface area is 193 Å². The number of benzene rings is 3. The molecule has 0 fully saturated rings. The molecule has 0 aromatic heterocycles. The van der Waals surface area contributed by atoms with E-state index < -0.39 is 16.7 Å². The van der Waals surface area contributed by atoms with Crippen LogP contribution >= 0.6 is 0 Å². The average molecular weight is 464 g/mol. The van der Waals surface area contributed by atoms with Crippen molar-refractivity contribution in [3.05, 3.63) is 88.0 Å². The maximum Gasteiger partial charge on any atom is 0.275 e. The Morgan fingerprint density at radius 1 is 1.09 bits per heavy atom. The number of aromatic hydroxyl groups is 1. The molecule has 0 unspecified atom stereocenters. The second-order valence-corrected chi connectivity index (χ2v) is 6.77. The van der Waals surface area contributed by atoms with Crippen molar-refractivity contribution in [1.82, 2.24) is 5.43 Å². The summed E-state index contributed by atoms with van der Waals surface area (Å²) in [5, 5.41) is 26.8. The van der Waals surface area contributed by atoms with Crippen molar-refractivity contribution in [1.29, 1.82) is 0 Å². The number of phenolic OH excluding ortho intramolecular Hbond substituents is 1. The molecule has 11 nitrogen and oxygen atoms in total. The SMILES string of the molecule is COc1cc(/C=N/NC(=O)c2ccccc2O)ccc1OCC(=O)Nc1ccc([N+](=O)[O-])cc1. The fourth-order valence-corrected chi connectivity index (χ4v) is 2.78. The van der Waals surface area contributed by atoms with E-state index in [2.05, 4.69) is 15.8 Å². The normalized spacial score (nSPS) is 10.5. The lowest BCUT2D eigenvalue weighted by Gasteiger charge is -2.11. The summed E-state index contributed by atoms with van der Waals surface area (Å²) in [7, 11) is 1.43. The van der Waals surface area contributed by atoms with Gasteiger partial charge in [0.15, 0.2) is 18.1 Å². The summed E-state index contributed by atoms with van der Waals surface area (Å²) >= 11 is 0. The van der Waals surface area contributed by atoms with Gasteiger partial charge in [0.2, 0.25) is 0 Å². The van der Waals surface area contributed by atoms with Crippen LogP contribution in [0.4, 0.5) is 11.4 Å². The summed E-state index contributed by atoms with van der Waals surface area (Å²) < 4.78 is 10.8. The van der Waals surface area contributed by atoms with E-state index in [4.69, 9.17) is 9.47 Å². The molecule has 0 spiro atoms. The van der Waals surface area contributed by atoms with Gasteiger partial charge in [0, 0.05) is 17.8 Å². The Balaban J connectivity index is 1.56. The lowest BCUT2D eigenvalue weighted by atomic mass is 10.2. The van der Waals surface area contributed by atoms with E-state index in [-0.39, 0.29) is 23.6 Å². The van der Waals surface area contributed by atoms with Crippen LogP contribution in [0.1, 0.15) is 15.9 Å². The second kappa shape index (κ2) is 11.1. The molecule has 11 heteroatoms. The summed E-state index contributed by atoms with van der Waals surface area (Å²) in [6.07, 6.45) is 1.38. The first-order chi connectivity index (χ1) is 16.4. The predicted molar refractivity (Wildman–Crippen MR) is 123 cm³/mol. The maximum absolute atomic E-state index is 12.1. The monoisotopic (exact) mass is 464 g/mol. The molecule has 0 saturated carbocycles. The number of carbonyl (C=O) groups is 2. The smallest absolute Gasteiger partial charge is 0.275 e. The molecule has 0 aliphatic heterocycles. The predicted octanol–water partition coefficient (Wildman–Crippen LogP) is 3.09. The van der Waals surface area contributed by atoms with Gasteiger partial charge in [-0.15, -0.1) is 0 Å². The first-order valence-corrected chi connectivity index (χ1v) is 9.84. The molecule has 0 aliphatic rings. The van der Waals surface area contributed by atoms with Crippen LogP contribution in [0.2, 0.25) is 0 Å². The third-order valence-electron chi connectivity index (χ3n) is 4.44. The first kappa shape index (κ1) is 23.7. The van der Waals surface area contributed by atoms with Gasteiger partial charge in [-0.1, -0.05) is 12.1 Å². The van der Waals surface area contributed by atoms with E-state index >= 15 is 0 Å². The molecule has 0 saturated heterocycles. The third kappa shape index (κ3) is 6.29. The van der Waals surface area contributed by atoms with Crippen molar-refractivity contribution in [2.45, 2.75) is 0 Å². The van der Waals surface area contributed by atoms with Crippen molar-refractivity contribution in [3.63, 3.8) is 0 Å². The van der Waals surface area contributed by atoms with Crippen LogP contribution in [0, 0.1) is 10.1 Å². The number of ether oxygens (including phenoxy) is 2. The van der Waals surface area contributed by atoms with Crippen LogP contribution in [-0.4, -0.2) is 41.8 Å². The average Bonchev–Trinajstić information content (AvgIpc) is 2.83. The van der Waals surface area contributed by atoms with Crippen molar-refractivity contribution in [2.24, 2.45) is 5.10 Å². The van der Waals surface area contributed by atoms with Gasteiger partial charge in [0.25, 0.3) is 17.5 Å². The Morgan fingerprint density at radius 2 is 1.82 bits per heavy atom. The number of hydrazone groups is 1. The van der Waals surface area contributed by atoms with Crippen LogP contribution in [-0.2, 0) is 4.79 Å². The Kier molecular flexibility index (Phi) is 7.74. The molecular weight excluding hydrogens is 444 g/mol. The molecule has 0 atom stereocenters. The maximum atomic E-state index is 12.1. The fourth-order valence-electron chi connectivity index (χ4n) is 2.78. The van der Waals surface area contributed by atoms with E-state index in [1.165, 1.54) is 49.7 Å². The van der Waals surface area contributed by atoms with E-state index in [9.17, 15) is 24.8 Å². The van der Waals surface area contributed by atoms with Gasteiger partial charge in [0.05, 0.1) is 23.8 Å². The number of hydrogen-bond acceptors (Lipinski definition) is 8. The molecule has 34 heavy (non-hydrogen) atoms. The van der Waals surface area contributed by atoms with Gasteiger partial charge in [-0.3, -0.25) is 19.7 Å². The molecular formula is C23H20N4O7. The summed E-state index contributed by atoms with van der Waals surface area (Å²) in [6.45, 7) is -0.322. The Hall–Kier alpha value is -4.93. The number of nitro groups is 1. The number of methoxy groups -OCH3 is 1. The topological polar surface area (TPSA) is 152 Å². The van der Waals surface area contributed by atoms with Crippen LogP contribution in [0.3, 0.4) is 0 Å². The van der Waals surface area contributed by atoms with Gasteiger partial charge in [-0.05, 0) is 48.0 Å². The van der Waals surface area contributed by atoms with E-state index in [1.54, 1.807) is 30.3 Å². The number of non-ortho nitro benzene ring substituents is 1. The summed E-state index contributed by atoms with van der Waals surface area (Å²) in [5.74, 6) is -0.555. The molecule has 0 bridgehead atoms. The number of carbonyl (C=O) groups excluding carboxylic acids is 2. The summed E-state index contributed by atoms with van der Waals surface area (Å²) in [4.78, 5) is 34.3. The Morgan fingerprint density at radius 3 is 2.50 bits per heavy atom. The van der Waals surface area contributed by atoms with E-state index in [0.29, 0.717) is 22.7 Å². The number of phenols is 1. The highest BCUT2D eigenvalue weighted by molar-refractivity contribution is 5.97. The van der Waals surface area contributed by atoms with E-state index in [0.717, 1.165) is 0 Å². The number of hydrogen-bond donors (Lipinski definition) is 3. The first-order valence-electron chi connectivity index (χ1n) is 9.84. The van der Waals surface area contributed by atoms with Crippen molar-refractivity contribution in [2.75, 3.05) is 19.0 Å². The molecule has 0 heterocycles. The minimum absolute atomic E-state index is 0.0830. The number of rotatable bonds is 9. The lowest BCUT2D eigenvalue weighted by Crippen LogP contribution is -2.20. The molecule has 0 aliphatic carbocycles. The molecule has 0 radical (unpaired) electrons.